The molecule has 1 aliphatic heterocycles. The van der Waals surface area contributed by atoms with Crippen molar-refractivity contribution in [1.29, 1.82) is 0 Å². The molecule has 1 aromatic rings. The smallest absolute Gasteiger partial charge is 0.0417 e. The molecule has 0 aromatic heterocycles. The standard InChI is InChI=1S/C11H17N3/c1-9-10(12)3-2-4-11(9)14-7-5-13-6-8-14/h2-4,13H,5-8,12H2,1H3. The summed E-state index contributed by atoms with van der Waals surface area (Å²) in [4.78, 5) is 2.39. The number of nitrogens with one attached hydrogen (secondary N) is 1. The minimum Gasteiger partial charge on any atom is -0.398 e. The molecule has 0 atom stereocenters. The lowest BCUT2D eigenvalue weighted by atomic mass is 10.1. The number of hydrogen-bond acceptors (Lipinski definition) is 3. The normalized spacial score (nSPS) is 17.1. The highest BCUT2D eigenvalue weighted by molar-refractivity contribution is 5.64. The van der Waals surface area contributed by atoms with Crippen LogP contribution in [-0.4, -0.2) is 26.2 Å². The van der Waals surface area contributed by atoms with Crippen molar-refractivity contribution in [3.63, 3.8) is 0 Å². The lowest BCUT2D eigenvalue weighted by molar-refractivity contribution is 0.588. The van der Waals surface area contributed by atoms with Crippen molar-refractivity contribution in [3.8, 4) is 0 Å². The zero-order valence-corrected chi connectivity index (χ0v) is 8.59. The molecule has 0 unspecified atom stereocenters. The second kappa shape index (κ2) is 3.88. The van der Waals surface area contributed by atoms with Crippen LogP contribution in [0.1, 0.15) is 5.56 Å². The van der Waals surface area contributed by atoms with Gasteiger partial charge >= 0.3 is 0 Å². The van der Waals surface area contributed by atoms with Crippen LogP contribution in [0.3, 0.4) is 0 Å². The van der Waals surface area contributed by atoms with Gasteiger partial charge in [0.1, 0.15) is 0 Å². The predicted molar refractivity (Wildman–Crippen MR) is 60.7 cm³/mol. The lowest BCUT2D eigenvalue weighted by Gasteiger charge is -2.31. The van der Waals surface area contributed by atoms with E-state index in [0.717, 1.165) is 31.9 Å². The molecule has 0 radical (unpaired) electrons. The van der Waals surface area contributed by atoms with Crippen molar-refractivity contribution in [2.75, 3.05) is 36.8 Å². The Hall–Kier alpha value is -1.22. The van der Waals surface area contributed by atoms with E-state index in [0.29, 0.717) is 0 Å². The molecule has 0 spiro atoms. The molecule has 0 bridgehead atoms. The van der Waals surface area contributed by atoms with Gasteiger partial charge < -0.3 is 16.0 Å². The Morgan fingerprint density at radius 1 is 1.29 bits per heavy atom. The van der Waals surface area contributed by atoms with E-state index in [9.17, 15) is 0 Å². The maximum Gasteiger partial charge on any atom is 0.0417 e. The van der Waals surface area contributed by atoms with Gasteiger partial charge in [-0.25, -0.2) is 0 Å². The van der Waals surface area contributed by atoms with Gasteiger partial charge in [0.25, 0.3) is 0 Å². The van der Waals surface area contributed by atoms with Gasteiger partial charge in [-0.2, -0.15) is 0 Å². The third kappa shape index (κ3) is 1.68. The summed E-state index contributed by atoms with van der Waals surface area (Å²) in [5.74, 6) is 0. The largest absolute Gasteiger partial charge is 0.398 e. The molecular formula is C11H17N3. The third-order valence-corrected chi connectivity index (χ3v) is 2.80. The average Bonchev–Trinajstić information content (AvgIpc) is 2.23. The van der Waals surface area contributed by atoms with Crippen LogP contribution in [-0.2, 0) is 0 Å². The van der Waals surface area contributed by atoms with Gasteiger partial charge in [0.05, 0.1) is 0 Å². The molecule has 76 valence electrons. The molecule has 3 N–H and O–H groups in total. The molecule has 0 saturated carbocycles. The molecule has 0 aliphatic carbocycles. The summed E-state index contributed by atoms with van der Waals surface area (Å²) in [6.45, 7) is 6.36. The summed E-state index contributed by atoms with van der Waals surface area (Å²) >= 11 is 0. The van der Waals surface area contributed by atoms with Crippen LogP contribution in [0.25, 0.3) is 0 Å². The molecule has 1 heterocycles. The van der Waals surface area contributed by atoms with E-state index in [1.165, 1.54) is 11.3 Å². The SMILES string of the molecule is Cc1c(N)cccc1N1CCNCC1. The monoisotopic (exact) mass is 191 g/mol. The fourth-order valence-electron chi connectivity index (χ4n) is 1.89. The van der Waals surface area contributed by atoms with E-state index in [2.05, 4.69) is 23.2 Å². The highest BCUT2D eigenvalue weighted by atomic mass is 15.2. The lowest BCUT2D eigenvalue weighted by Crippen LogP contribution is -2.43. The summed E-state index contributed by atoms with van der Waals surface area (Å²) in [6.07, 6.45) is 0. The molecular weight excluding hydrogens is 174 g/mol. The molecule has 14 heavy (non-hydrogen) atoms. The van der Waals surface area contributed by atoms with E-state index in [4.69, 9.17) is 5.73 Å². The van der Waals surface area contributed by atoms with E-state index >= 15 is 0 Å². The zero-order valence-electron chi connectivity index (χ0n) is 8.59. The number of benzene rings is 1. The first-order valence-electron chi connectivity index (χ1n) is 5.10. The number of piperazine rings is 1. The van der Waals surface area contributed by atoms with Gasteiger partial charge in [-0.1, -0.05) is 6.07 Å². The summed E-state index contributed by atoms with van der Waals surface area (Å²) in [7, 11) is 0. The molecule has 1 fully saturated rings. The fourth-order valence-corrected chi connectivity index (χ4v) is 1.89. The summed E-state index contributed by atoms with van der Waals surface area (Å²) in [5.41, 5.74) is 9.26. The minimum atomic E-state index is 0.890. The number of nitrogen functional groups attached to an aromatic ring is 1. The Morgan fingerprint density at radius 3 is 2.71 bits per heavy atom. The number of hydrogen-bond donors (Lipinski definition) is 2. The third-order valence-electron chi connectivity index (χ3n) is 2.80. The number of rotatable bonds is 1. The van der Waals surface area contributed by atoms with Crippen LogP contribution in [0.5, 0.6) is 0 Å². The highest BCUT2D eigenvalue weighted by Gasteiger charge is 2.12. The van der Waals surface area contributed by atoms with E-state index < -0.39 is 0 Å². The average molecular weight is 191 g/mol. The first-order chi connectivity index (χ1) is 6.79. The second-order valence-electron chi connectivity index (χ2n) is 3.73. The highest BCUT2D eigenvalue weighted by Crippen LogP contribution is 2.24. The van der Waals surface area contributed by atoms with Gasteiger partial charge in [-0.05, 0) is 24.6 Å². The van der Waals surface area contributed by atoms with Gasteiger partial charge in [0.15, 0.2) is 0 Å². The minimum absolute atomic E-state index is 0.890. The van der Waals surface area contributed by atoms with E-state index in [-0.39, 0.29) is 0 Å². The van der Waals surface area contributed by atoms with E-state index in [1.807, 2.05) is 12.1 Å². The van der Waals surface area contributed by atoms with Crippen molar-refractivity contribution in [1.82, 2.24) is 5.32 Å². The molecule has 3 nitrogen and oxygen atoms in total. The Morgan fingerprint density at radius 2 is 2.00 bits per heavy atom. The number of nitrogens with zero attached hydrogens (tertiary/aromatic N) is 1. The molecule has 2 rings (SSSR count). The summed E-state index contributed by atoms with van der Waals surface area (Å²) in [6, 6.07) is 6.14. The van der Waals surface area contributed by atoms with Crippen LogP contribution in [0, 0.1) is 6.92 Å². The maximum atomic E-state index is 5.89. The molecule has 3 heteroatoms. The Labute approximate surface area is 84.9 Å². The summed E-state index contributed by atoms with van der Waals surface area (Å²) in [5, 5.41) is 3.35. The van der Waals surface area contributed by atoms with Gasteiger partial charge in [-0.3, -0.25) is 0 Å². The molecule has 0 amide bonds. The van der Waals surface area contributed by atoms with Crippen molar-refractivity contribution in [2.24, 2.45) is 0 Å². The van der Waals surface area contributed by atoms with E-state index in [1.54, 1.807) is 0 Å². The van der Waals surface area contributed by atoms with Crippen molar-refractivity contribution < 1.29 is 0 Å². The molecule has 1 aliphatic rings. The zero-order chi connectivity index (χ0) is 9.97. The summed E-state index contributed by atoms with van der Waals surface area (Å²) < 4.78 is 0. The quantitative estimate of drug-likeness (QED) is 0.650. The second-order valence-corrected chi connectivity index (χ2v) is 3.73. The molecule has 1 saturated heterocycles. The topological polar surface area (TPSA) is 41.3 Å². The van der Waals surface area contributed by atoms with Gasteiger partial charge in [0.2, 0.25) is 0 Å². The van der Waals surface area contributed by atoms with Crippen LogP contribution >= 0.6 is 0 Å². The van der Waals surface area contributed by atoms with Crippen LogP contribution < -0.4 is 16.0 Å². The van der Waals surface area contributed by atoms with Gasteiger partial charge in [-0.15, -0.1) is 0 Å². The Balaban J connectivity index is 2.26. The van der Waals surface area contributed by atoms with Crippen LogP contribution in [0.2, 0.25) is 0 Å². The molecule has 1 aromatic carbocycles. The van der Waals surface area contributed by atoms with Crippen molar-refractivity contribution in [2.45, 2.75) is 6.92 Å². The maximum absolute atomic E-state index is 5.89. The van der Waals surface area contributed by atoms with Crippen LogP contribution in [0.4, 0.5) is 11.4 Å². The fraction of sp³-hybridized carbons (Fsp3) is 0.455. The van der Waals surface area contributed by atoms with Crippen molar-refractivity contribution >= 4 is 11.4 Å². The van der Waals surface area contributed by atoms with Crippen LogP contribution in [0.15, 0.2) is 18.2 Å². The Bertz CT molecular complexity index is 316. The first kappa shape index (κ1) is 9.34. The van der Waals surface area contributed by atoms with Crippen molar-refractivity contribution in [3.05, 3.63) is 23.8 Å². The number of anilines is 2. The first-order valence-corrected chi connectivity index (χ1v) is 5.10. The Kier molecular flexibility index (Phi) is 2.59. The predicted octanol–water partition coefficient (Wildman–Crippen LogP) is 0.987. The number of nitrogens with two attached hydrogens (primary N) is 1. The van der Waals surface area contributed by atoms with Gasteiger partial charge in [0, 0.05) is 37.6 Å².